The van der Waals surface area contributed by atoms with Crippen LogP contribution in [0.5, 0.6) is 5.75 Å². The Balaban J connectivity index is 2.10. The first-order valence-electron chi connectivity index (χ1n) is 7.11. The van der Waals surface area contributed by atoms with E-state index in [1.54, 1.807) is 21.3 Å². The van der Waals surface area contributed by atoms with Crippen LogP contribution in [0.2, 0.25) is 0 Å². The number of hydrogen-bond acceptors (Lipinski definition) is 4. The fourth-order valence-corrected chi connectivity index (χ4v) is 2.94. The normalized spacial score (nSPS) is 23.4. The Labute approximate surface area is 121 Å². The molecule has 0 aromatic heterocycles. The molecular weight excluding hydrogens is 254 g/mol. The Morgan fingerprint density at radius 1 is 1.15 bits per heavy atom. The first-order chi connectivity index (χ1) is 9.67. The van der Waals surface area contributed by atoms with Gasteiger partial charge >= 0.3 is 0 Å². The largest absolute Gasteiger partial charge is 0.497 e. The maximum atomic E-state index is 5.33. The van der Waals surface area contributed by atoms with Crippen molar-refractivity contribution in [3.05, 3.63) is 29.8 Å². The molecule has 2 atom stereocenters. The molecule has 1 aliphatic heterocycles. The van der Waals surface area contributed by atoms with Gasteiger partial charge in [0.2, 0.25) is 0 Å². The third-order valence-electron chi connectivity index (χ3n) is 4.02. The Morgan fingerprint density at radius 3 is 2.35 bits per heavy atom. The monoisotopic (exact) mass is 279 g/mol. The summed E-state index contributed by atoms with van der Waals surface area (Å²) < 4.78 is 15.9. The number of hydrogen-bond donors (Lipinski definition) is 0. The minimum absolute atomic E-state index is 0.166. The zero-order valence-electron chi connectivity index (χ0n) is 12.8. The minimum Gasteiger partial charge on any atom is -0.497 e. The molecule has 0 saturated carbocycles. The molecule has 112 valence electrons. The maximum Gasteiger partial charge on any atom is 0.169 e. The number of methoxy groups -OCH3 is 3. The molecule has 4 heteroatoms. The Kier molecular flexibility index (Phi) is 5.40. The first-order valence-corrected chi connectivity index (χ1v) is 7.11. The van der Waals surface area contributed by atoms with Crippen LogP contribution < -0.4 is 4.74 Å². The summed E-state index contributed by atoms with van der Waals surface area (Å²) in [4.78, 5) is 2.45. The van der Waals surface area contributed by atoms with Crippen LogP contribution >= 0.6 is 0 Å². The van der Waals surface area contributed by atoms with Gasteiger partial charge in [-0.3, -0.25) is 4.90 Å². The summed E-state index contributed by atoms with van der Waals surface area (Å²) in [5.41, 5.74) is 1.33. The van der Waals surface area contributed by atoms with Gasteiger partial charge in [-0.05, 0) is 30.0 Å². The SMILES string of the molecule is COc1ccc([C@H]2C[C@@H](C)CN2CC(OC)OC)cc1. The van der Waals surface area contributed by atoms with Crippen molar-refractivity contribution < 1.29 is 14.2 Å². The molecule has 0 radical (unpaired) electrons. The second-order valence-electron chi connectivity index (χ2n) is 5.48. The zero-order valence-corrected chi connectivity index (χ0v) is 12.8. The molecule has 0 spiro atoms. The van der Waals surface area contributed by atoms with Gasteiger partial charge in [0.1, 0.15) is 5.75 Å². The minimum atomic E-state index is -0.166. The average molecular weight is 279 g/mol. The van der Waals surface area contributed by atoms with E-state index in [1.807, 2.05) is 12.1 Å². The maximum absolute atomic E-state index is 5.33. The third-order valence-corrected chi connectivity index (χ3v) is 4.02. The lowest BCUT2D eigenvalue weighted by Crippen LogP contribution is -2.34. The van der Waals surface area contributed by atoms with E-state index >= 15 is 0 Å². The van der Waals surface area contributed by atoms with E-state index in [0.29, 0.717) is 12.0 Å². The number of ether oxygens (including phenoxy) is 3. The van der Waals surface area contributed by atoms with Gasteiger partial charge in [-0.25, -0.2) is 0 Å². The summed E-state index contributed by atoms with van der Waals surface area (Å²) in [7, 11) is 5.08. The van der Waals surface area contributed by atoms with Crippen LogP contribution in [0.25, 0.3) is 0 Å². The zero-order chi connectivity index (χ0) is 14.5. The van der Waals surface area contributed by atoms with Crippen molar-refractivity contribution in [1.29, 1.82) is 0 Å². The van der Waals surface area contributed by atoms with Crippen molar-refractivity contribution in [3.8, 4) is 5.75 Å². The van der Waals surface area contributed by atoms with E-state index in [1.165, 1.54) is 12.0 Å². The van der Waals surface area contributed by atoms with Gasteiger partial charge in [0.05, 0.1) is 13.7 Å². The quantitative estimate of drug-likeness (QED) is 0.749. The number of rotatable bonds is 6. The Hall–Kier alpha value is -1.10. The van der Waals surface area contributed by atoms with Crippen LogP contribution in [0.1, 0.15) is 24.9 Å². The molecule has 0 bridgehead atoms. The van der Waals surface area contributed by atoms with Crippen molar-refractivity contribution in [2.45, 2.75) is 25.7 Å². The van der Waals surface area contributed by atoms with Crippen molar-refractivity contribution in [3.63, 3.8) is 0 Å². The van der Waals surface area contributed by atoms with Gasteiger partial charge in [-0.1, -0.05) is 19.1 Å². The second-order valence-corrected chi connectivity index (χ2v) is 5.48. The molecule has 0 unspecified atom stereocenters. The topological polar surface area (TPSA) is 30.9 Å². The predicted octanol–water partition coefficient (Wildman–Crippen LogP) is 2.70. The Bertz CT molecular complexity index is 403. The van der Waals surface area contributed by atoms with E-state index < -0.39 is 0 Å². The van der Waals surface area contributed by atoms with Crippen molar-refractivity contribution >= 4 is 0 Å². The van der Waals surface area contributed by atoms with Gasteiger partial charge < -0.3 is 14.2 Å². The molecule has 1 fully saturated rings. The standard InChI is InChI=1S/C16H25NO3/c1-12-9-15(13-5-7-14(18-2)8-6-13)17(10-12)11-16(19-3)20-4/h5-8,12,15-16H,9-11H2,1-4H3/t12-,15-/m1/s1. The lowest BCUT2D eigenvalue weighted by molar-refractivity contribution is -0.118. The van der Waals surface area contributed by atoms with Crippen LogP contribution in [0.15, 0.2) is 24.3 Å². The molecule has 1 heterocycles. The van der Waals surface area contributed by atoms with E-state index in [-0.39, 0.29) is 6.29 Å². The number of nitrogens with zero attached hydrogens (tertiary/aromatic N) is 1. The van der Waals surface area contributed by atoms with Crippen molar-refractivity contribution in [2.24, 2.45) is 5.92 Å². The third kappa shape index (κ3) is 3.51. The van der Waals surface area contributed by atoms with E-state index in [0.717, 1.165) is 18.8 Å². The van der Waals surface area contributed by atoms with Crippen molar-refractivity contribution in [1.82, 2.24) is 4.90 Å². The summed E-state index contributed by atoms with van der Waals surface area (Å²) in [6, 6.07) is 8.80. The molecule has 4 nitrogen and oxygen atoms in total. The molecule has 1 aromatic rings. The highest BCUT2D eigenvalue weighted by Gasteiger charge is 2.32. The highest BCUT2D eigenvalue weighted by atomic mass is 16.7. The summed E-state index contributed by atoms with van der Waals surface area (Å²) in [6.45, 7) is 4.18. The second kappa shape index (κ2) is 7.07. The van der Waals surface area contributed by atoms with Crippen molar-refractivity contribution in [2.75, 3.05) is 34.4 Å². The molecule has 1 aliphatic rings. The summed E-state index contributed by atoms with van der Waals surface area (Å²) >= 11 is 0. The molecule has 1 saturated heterocycles. The van der Waals surface area contributed by atoms with Gasteiger partial charge in [0.25, 0.3) is 0 Å². The molecular formula is C16H25NO3. The molecule has 2 rings (SSSR count). The fourth-order valence-electron chi connectivity index (χ4n) is 2.94. The van der Waals surface area contributed by atoms with E-state index in [2.05, 4.69) is 24.0 Å². The van der Waals surface area contributed by atoms with Crippen LogP contribution in [0, 0.1) is 5.92 Å². The summed E-state index contributed by atoms with van der Waals surface area (Å²) in [5.74, 6) is 1.59. The molecule has 0 N–H and O–H groups in total. The van der Waals surface area contributed by atoms with Gasteiger partial charge in [-0.15, -0.1) is 0 Å². The lowest BCUT2D eigenvalue weighted by atomic mass is 10.0. The summed E-state index contributed by atoms with van der Waals surface area (Å²) in [6.07, 6.45) is 1.01. The predicted molar refractivity (Wildman–Crippen MR) is 78.9 cm³/mol. The van der Waals surface area contributed by atoms with Gasteiger partial charge in [0.15, 0.2) is 6.29 Å². The first kappa shape index (κ1) is 15.3. The highest BCUT2D eigenvalue weighted by Crippen LogP contribution is 2.35. The molecule has 20 heavy (non-hydrogen) atoms. The average Bonchev–Trinajstić information content (AvgIpc) is 2.85. The fraction of sp³-hybridized carbons (Fsp3) is 0.625. The van der Waals surface area contributed by atoms with Gasteiger partial charge in [-0.2, -0.15) is 0 Å². The van der Waals surface area contributed by atoms with Gasteiger partial charge in [0, 0.05) is 26.8 Å². The van der Waals surface area contributed by atoms with Crippen LogP contribution in [0.3, 0.4) is 0 Å². The number of benzene rings is 1. The Morgan fingerprint density at radius 2 is 1.80 bits per heavy atom. The van der Waals surface area contributed by atoms with E-state index in [4.69, 9.17) is 14.2 Å². The van der Waals surface area contributed by atoms with E-state index in [9.17, 15) is 0 Å². The smallest absolute Gasteiger partial charge is 0.169 e. The number of likely N-dealkylation sites (tertiary alicyclic amines) is 1. The van der Waals surface area contributed by atoms with Crippen LogP contribution in [0.4, 0.5) is 0 Å². The molecule has 0 amide bonds. The lowest BCUT2D eigenvalue weighted by Gasteiger charge is -2.28. The summed E-state index contributed by atoms with van der Waals surface area (Å²) in [5, 5.41) is 0. The van der Waals surface area contributed by atoms with Crippen LogP contribution in [-0.4, -0.2) is 45.6 Å². The molecule has 0 aliphatic carbocycles. The van der Waals surface area contributed by atoms with Crippen LogP contribution in [-0.2, 0) is 9.47 Å². The molecule has 1 aromatic carbocycles. The highest BCUT2D eigenvalue weighted by molar-refractivity contribution is 5.29.